The van der Waals surface area contributed by atoms with E-state index in [0.717, 1.165) is 4.47 Å². The summed E-state index contributed by atoms with van der Waals surface area (Å²) < 4.78 is 14.7. The molecule has 124 valence electrons. The van der Waals surface area contributed by atoms with Crippen LogP contribution in [-0.2, 0) is 4.79 Å². The Bertz CT molecular complexity index is 814. The lowest BCUT2D eigenvalue weighted by atomic mass is 10.1. The number of hydroxylamine groups is 2. The Labute approximate surface area is 146 Å². The fraction of sp³-hybridized carbons (Fsp3) is 0.176. The molecule has 1 fully saturated rings. The highest BCUT2D eigenvalue weighted by Gasteiger charge is 2.47. The first-order valence-corrected chi connectivity index (χ1v) is 8.05. The van der Waals surface area contributed by atoms with Crippen LogP contribution in [0.1, 0.15) is 29.0 Å². The van der Waals surface area contributed by atoms with Gasteiger partial charge in [0.1, 0.15) is 11.9 Å². The number of nitrogens with zero attached hydrogens (tertiary/aromatic N) is 2. The minimum atomic E-state index is -1.02. The number of hydrogen-bond acceptors (Lipinski definition) is 3. The number of hydrogen-bond donors (Lipinski definition) is 1. The van der Waals surface area contributed by atoms with Crippen LogP contribution in [-0.4, -0.2) is 33.0 Å². The van der Waals surface area contributed by atoms with E-state index in [1.165, 1.54) is 30.0 Å². The number of carbonyl (C=O) groups excluding carboxylic acids is 2. The molecule has 3 rings (SSSR count). The van der Waals surface area contributed by atoms with E-state index in [0.29, 0.717) is 10.6 Å². The van der Waals surface area contributed by atoms with E-state index in [-0.39, 0.29) is 5.56 Å². The molecule has 5 nitrogen and oxygen atoms in total. The molecular formula is C17H14BrFN2O3. The molecule has 1 saturated heterocycles. The van der Waals surface area contributed by atoms with E-state index in [2.05, 4.69) is 15.9 Å². The largest absolute Gasteiger partial charge is 0.300 e. The summed E-state index contributed by atoms with van der Waals surface area (Å²) >= 11 is 3.32. The van der Waals surface area contributed by atoms with E-state index >= 15 is 0 Å². The van der Waals surface area contributed by atoms with Crippen molar-refractivity contribution < 1.29 is 19.2 Å². The van der Waals surface area contributed by atoms with Crippen molar-refractivity contribution in [1.82, 2.24) is 9.96 Å². The lowest BCUT2D eigenvalue weighted by Crippen LogP contribution is -2.38. The second kappa shape index (κ2) is 6.33. The number of amides is 2. The van der Waals surface area contributed by atoms with Gasteiger partial charge in [-0.3, -0.25) is 19.7 Å². The van der Waals surface area contributed by atoms with E-state index in [9.17, 15) is 19.2 Å². The standard InChI is InChI=1S/C17H14BrFN2O3/c1-10-16(22)21(24)15(11-5-4-6-12(18)9-11)20(10)17(23)13-7-2-3-8-14(13)19/h2-10,15,24H,1H3/t10-,15?/m1/s1. The molecule has 0 saturated carbocycles. The maximum atomic E-state index is 14.0. The summed E-state index contributed by atoms with van der Waals surface area (Å²) in [7, 11) is 0. The smallest absolute Gasteiger partial charge is 0.270 e. The summed E-state index contributed by atoms with van der Waals surface area (Å²) in [5.41, 5.74) is 0.390. The molecule has 0 spiro atoms. The summed E-state index contributed by atoms with van der Waals surface area (Å²) in [6.07, 6.45) is -1.02. The molecule has 0 radical (unpaired) electrons. The van der Waals surface area contributed by atoms with Gasteiger partial charge in [-0.25, -0.2) is 4.39 Å². The van der Waals surface area contributed by atoms with Gasteiger partial charge in [-0.15, -0.1) is 0 Å². The maximum absolute atomic E-state index is 14.0. The second-order valence-electron chi connectivity index (χ2n) is 5.48. The van der Waals surface area contributed by atoms with Crippen molar-refractivity contribution in [2.75, 3.05) is 0 Å². The first kappa shape index (κ1) is 16.6. The Balaban J connectivity index is 2.07. The van der Waals surface area contributed by atoms with Crippen LogP contribution in [0.5, 0.6) is 0 Å². The summed E-state index contributed by atoms with van der Waals surface area (Å²) in [6.45, 7) is 1.50. The summed E-state index contributed by atoms with van der Waals surface area (Å²) in [5, 5.41) is 10.7. The Kier molecular flexibility index (Phi) is 4.38. The third kappa shape index (κ3) is 2.70. The summed E-state index contributed by atoms with van der Waals surface area (Å²) in [6, 6.07) is 11.5. The molecule has 0 aromatic heterocycles. The van der Waals surface area contributed by atoms with E-state index in [1.54, 1.807) is 30.3 Å². The van der Waals surface area contributed by atoms with Gasteiger partial charge in [-0.05, 0) is 36.8 Å². The van der Waals surface area contributed by atoms with Crippen molar-refractivity contribution in [3.05, 3.63) is 69.9 Å². The van der Waals surface area contributed by atoms with Gasteiger partial charge in [0, 0.05) is 4.47 Å². The lowest BCUT2D eigenvalue weighted by molar-refractivity contribution is -0.169. The van der Waals surface area contributed by atoms with Gasteiger partial charge < -0.3 is 0 Å². The van der Waals surface area contributed by atoms with Gasteiger partial charge >= 0.3 is 0 Å². The zero-order chi connectivity index (χ0) is 17.4. The van der Waals surface area contributed by atoms with Crippen LogP contribution < -0.4 is 0 Å². The van der Waals surface area contributed by atoms with E-state index in [4.69, 9.17) is 0 Å². The van der Waals surface area contributed by atoms with Crippen molar-refractivity contribution >= 4 is 27.7 Å². The third-order valence-corrected chi connectivity index (χ3v) is 4.47. The normalized spacial score (nSPS) is 20.6. The van der Waals surface area contributed by atoms with E-state index < -0.39 is 29.8 Å². The monoisotopic (exact) mass is 392 g/mol. The molecule has 0 aliphatic carbocycles. The molecule has 7 heteroatoms. The van der Waals surface area contributed by atoms with Gasteiger partial charge in [0.25, 0.3) is 11.8 Å². The van der Waals surface area contributed by atoms with Gasteiger partial charge in [0.2, 0.25) is 0 Å². The van der Waals surface area contributed by atoms with Crippen LogP contribution in [0.3, 0.4) is 0 Å². The van der Waals surface area contributed by atoms with Crippen molar-refractivity contribution in [3.63, 3.8) is 0 Å². The lowest BCUT2D eigenvalue weighted by Gasteiger charge is -2.28. The zero-order valence-corrected chi connectivity index (χ0v) is 14.3. The highest BCUT2D eigenvalue weighted by molar-refractivity contribution is 9.10. The molecule has 2 aromatic rings. The Morgan fingerprint density at radius 3 is 2.58 bits per heavy atom. The zero-order valence-electron chi connectivity index (χ0n) is 12.7. The first-order chi connectivity index (χ1) is 11.4. The molecule has 1 unspecified atom stereocenters. The van der Waals surface area contributed by atoms with Crippen molar-refractivity contribution in [2.45, 2.75) is 19.1 Å². The quantitative estimate of drug-likeness (QED) is 0.797. The Hall–Kier alpha value is -2.25. The SMILES string of the molecule is C[C@@H]1C(=O)N(O)C(c2cccc(Br)c2)N1C(=O)c1ccccc1F. The molecule has 1 heterocycles. The van der Waals surface area contributed by atoms with Crippen LogP contribution in [0, 0.1) is 5.82 Å². The van der Waals surface area contributed by atoms with Crippen molar-refractivity contribution in [2.24, 2.45) is 0 Å². The fourth-order valence-corrected chi connectivity index (χ4v) is 3.21. The molecule has 1 aliphatic rings. The second-order valence-corrected chi connectivity index (χ2v) is 6.40. The van der Waals surface area contributed by atoms with Gasteiger partial charge in [0.05, 0.1) is 5.56 Å². The molecular weight excluding hydrogens is 379 g/mol. The fourth-order valence-electron chi connectivity index (χ4n) is 2.79. The number of halogens is 2. The van der Waals surface area contributed by atoms with Gasteiger partial charge in [-0.2, -0.15) is 5.06 Å². The highest BCUT2D eigenvalue weighted by atomic mass is 79.9. The number of carbonyl (C=O) groups is 2. The molecule has 1 aliphatic heterocycles. The molecule has 2 atom stereocenters. The van der Waals surface area contributed by atoms with Crippen LogP contribution >= 0.6 is 15.9 Å². The molecule has 2 amide bonds. The van der Waals surface area contributed by atoms with Gasteiger partial charge in [-0.1, -0.05) is 40.2 Å². The van der Waals surface area contributed by atoms with Gasteiger partial charge in [0.15, 0.2) is 6.17 Å². The predicted octanol–water partition coefficient (Wildman–Crippen LogP) is 3.35. The van der Waals surface area contributed by atoms with Crippen molar-refractivity contribution in [3.8, 4) is 0 Å². The number of rotatable bonds is 2. The predicted molar refractivity (Wildman–Crippen MR) is 87.5 cm³/mol. The van der Waals surface area contributed by atoms with E-state index in [1.807, 2.05) is 0 Å². The summed E-state index contributed by atoms with van der Waals surface area (Å²) in [4.78, 5) is 26.2. The Morgan fingerprint density at radius 2 is 1.92 bits per heavy atom. The molecule has 2 aromatic carbocycles. The van der Waals surface area contributed by atoms with Crippen LogP contribution in [0.2, 0.25) is 0 Å². The summed E-state index contributed by atoms with van der Waals surface area (Å²) in [5.74, 6) is -1.95. The van der Waals surface area contributed by atoms with Crippen LogP contribution in [0.4, 0.5) is 4.39 Å². The molecule has 1 N–H and O–H groups in total. The van der Waals surface area contributed by atoms with Crippen LogP contribution in [0.15, 0.2) is 53.0 Å². The molecule has 0 bridgehead atoms. The minimum absolute atomic E-state index is 0.146. The Morgan fingerprint density at radius 1 is 1.21 bits per heavy atom. The third-order valence-electron chi connectivity index (χ3n) is 3.98. The highest BCUT2D eigenvalue weighted by Crippen LogP contribution is 2.35. The minimum Gasteiger partial charge on any atom is -0.300 e. The number of benzene rings is 2. The topological polar surface area (TPSA) is 60.9 Å². The van der Waals surface area contributed by atoms with Crippen LogP contribution in [0.25, 0.3) is 0 Å². The average molecular weight is 393 g/mol. The van der Waals surface area contributed by atoms with Crippen molar-refractivity contribution in [1.29, 1.82) is 0 Å². The average Bonchev–Trinajstić information content (AvgIpc) is 2.79. The molecule has 24 heavy (non-hydrogen) atoms. The first-order valence-electron chi connectivity index (χ1n) is 7.26. The maximum Gasteiger partial charge on any atom is 0.270 e.